The lowest BCUT2D eigenvalue weighted by Gasteiger charge is -2.01. The summed E-state index contributed by atoms with van der Waals surface area (Å²) in [6.45, 7) is 7.83. The van der Waals surface area contributed by atoms with Crippen LogP contribution in [0.15, 0.2) is 5.38 Å². The SMILES string of the molecule is CCCCCOCc1csc(CNCCC)n1. The van der Waals surface area contributed by atoms with E-state index in [1.807, 2.05) is 0 Å². The second-order valence-corrected chi connectivity index (χ2v) is 5.11. The minimum absolute atomic E-state index is 0.661. The van der Waals surface area contributed by atoms with Crippen LogP contribution in [-0.2, 0) is 17.9 Å². The minimum Gasteiger partial charge on any atom is -0.375 e. The molecule has 0 amide bonds. The first kappa shape index (κ1) is 14.6. The van der Waals surface area contributed by atoms with Crippen molar-refractivity contribution in [1.82, 2.24) is 10.3 Å². The Kier molecular flexibility index (Phi) is 8.22. The molecule has 0 aromatic carbocycles. The Bertz CT molecular complexity index is 289. The third-order valence-electron chi connectivity index (χ3n) is 2.44. The van der Waals surface area contributed by atoms with Crippen LogP contribution in [0.4, 0.5) is 0 Å². The molecule has 1 N–H and O–H groups in total. The molecule has 17 heavy (non-hydrogen) atoms. The number of thiazole rings is 1. The van der Waals surface area contributed by atoms with Gasteiger partial charge in [0.15, 0.2) is 0 Å². The number of nitrogens with zero attached hydrogens (tertiary/aromatic N) is 1. The van der Waals surface area contributed by atoms with Gasteiger partial charge in [-0.3, -0.25) is 0 Å². The van der Waals surface area contributed by atoms with Crippen molar-refractivity contribution in [1.29, 1.82) is 0 Å². The van der Waals surface area contributed by atoms with Gasteiger partial charge in [0, 0.05) is 18.5 Å². The topological polar surface area (TPSA) is 34.1 Å². The summed E-state index contributed by atoms with van der Waals surface area (Å²) in [5.74, 6) is 0. The van der Waals surface area contributed by atoms with Gasteiger partial charge >= 0.3 is 0 Å². The van der Waals surface area contributed by atoms with Crippen LogP contribution in [0.3, 0.4) is 0 Å². The third-order valence-corrected chi connectivity index (χ3v) is 3.34. The molecular weight excluding hydrogens is 232 g/mol. The molecule has 0 bridgehead atoms. The highest BCUT2D eigenvalue weighted by Crippen LogP contribution is 2.10. The van der Waals surface area contributed by atoms with Gasteiger partial charge in [-0.15, -0.1) is 11.3 Å². The van der Waals surface area contributed by atoms with Crippen LogP contribution in [-0.4, -0.2) is 18.1 Å². The molecule has 1 rings (SSSR count). The molecule has 0 fully saturated rings. The van der Waals surface area contributed by atoms with Gasteiger partial charge in [-0.2, -0.15) is 0 Å². The average molecular weight is 256 g/mol. The zero-order chi connectivity index (χ0) is 12.3. The van der Waals surface area contributed by atoms with Gasteiger partial charge in [-0.25, -0.2) is 4.98 Å². The van der Waals surface area contributed by atoms with Crippen LogP contribution in [0.1, 0.15) is 50.2 Å². The maximum atomic E-state index is 5.58. The van der Waals surface area contributed by atoms with Crippen molar-refractivity contribution in [3.05, 3.63) is 16.1 Å². The Balaban J connectivity index is 2.12. The highest BCUT2D eigenvalue weighted by Gasteiger charge is 2.01. The number of aromatic nitrogens is 1. The Hall–Kier alpha value is -0.450. The number of unbranched alkanes of at least 4 members (excludes halogenated alkanes) is 2. The van der Waals surface area contributed by atoms with E-state index in [-0.39, 0.29) is 0 Å². The van der Waals surface area contributed by atoms with E-state index >= 15 is 0 Å². The first-order chi connectivity index (χ1) is 8.36. The van der Waals surface area contributed by atoms with E-state index in [0.29, 0.717) is 6.61 Å². The maximum absolute atomic E-state index is 5.58. The predicted octanol–water partition coefficient (Wildman–Crippen LogP) is 3.35. The van der Waals surface area contributed by atoms with Crippen LogP contribution >= 0.6 is 11.3 Å². The number of rotatable bonds is 10. The molecule has 0 aliphatic heterocycles. The molecule has 4 heteroatoms. The van der Waals surface area contributed by atoms with E-state index in [1.165, 1.54) is 19.3 Å². The Morgan fingerprint density at radius 1 is 1.29 bits per heavy atom. The van der Waals surface area contributed by atoms with Crippen LogP contribution in [0.5, 0.6) is 0 Å². The normalized spacial score (nSPS) is 10.9. The predicted molar refractivity (Wildman–Crippen MR) is 73.3 cm³/mol. The lowest BCUT2D eigenvalue weighted by molar-refractivity contribution is 0.115. The van der Waals surface area contributed by atoms with Crippen molar-refractivity contribution in [2.24, 2.45) is 0 Å². The summed E-state index contributed by atoms with van der Waals surface area (Å²) in [6, 6.07) is 0. The molecule has 1 aromatic rings. The lowest BCUT2D eigenvalue weighted by Crippen LogP contribution is -2.13. The highest BCUT2D eigenvalue weighted by atomic mass is 32.1. The molecule has 1 aromatic heterocycles. The Labute approximate surface area is 109 Å². The molecule has 0 aliphatic carbocycles. The number of hydrogen-bond donors (Lipinski definition) is 1. The minimum atomic E-state index is 0.661. The first-order valence-electron chi connectivity index (χ1n) is 6.58. The van der Waals surface area contributed by atoms with Crippen molar-refractivity contribution >= 4 is 11.3 Å². The van der Waals surface area contributed by atoms with E-state index in [1.54, 1.807) is 11.3 Å². The summed E-state index contributed by atoms with van der Waals surface area (Å²) in [4.78, 5) is 4.53. The Morgan fingerprint density at radius 2 is 2.18 bits per heavy atom. The summed E-state index contributed by atoms with van der Waals surface area (Å²) in [7, 11) is 0. The largest absolute Gasteiger partial charge is 0.375 e. The molecule has 98 valence electrons. The van der Waals surface area contributed by atoms with Gasteiger partial charge in [0.1, 0.15) is 5.01 Å². The molecular formula is C13H24N2OS. The van der Waals surface area contributed by atoms with Gasteiger partial charge < -0.3 is 10.1 Å². The molecule has 0 atom stereocenters. The molecule has 0 unspecified atom stereocenters. The van der Waals surface area contributed by atoms with Gasteiger partial charge in [0.25, 0.3) is 0 Å². The van der Waals surface area contributed by atoms with Crippen LogP contribution in [0, 0.1) is 0 Å². The standard InChI is InChI=1S/C13H24N2OS/c1-3-5-6-8-16-10-12-11-17-13(15-12)9-14-7-4-2/h11,14H,3-10H2,1-2H3. The van der Waals surface area contributed by atoms with Crippen LogP contribution in [0.25, 0.3) is 0 Å². The average Bonchev–Trinajstić information content (AvgIpc) is 2.77. The quantitative estimate of drug-likeness (QED) is 0.652. The van der Waals surface area contributed by atoms with Crippen molar-refractivity contribution in [2.75, 3.05) is 13.2 Å². The molecule has 0 saturated carbocycles. The highest BCUT2D eigenvalue weighted by molar-refractivity contribution is 7.09. The summed E-state index contributed by atoms with van der Waals surface area (Å²) in [5.41, 5.74) is 1.07. The zero-order valence-electron chi connectivity index (χ0n) is 11.0. The summed E-state index contributed by atoms with van der Waals surface area (Å²) in [6.07, 6.45) is 4.82. The summed E-state index contributed by atoms with van der Waals surface area (Å²) >= 11 is 1.71. The fourth-order valence-corrected chi connectivity index (χ4v) is 2.25. The van der Waals surface area contributed by atoms with Gasteiger partial charge in [-0.05, 0) is 19.4 Å². The number of ether oxygens (including phenoxy) is 1. The van der Waals surface area contributed by atoms with Crippen molar-refractivity contribution in [3.8, 4) is 0 Å². The van der Waals surface area contributed by atoms with Crippen molar-refractivity contribution in [2.45, 2.75) is 52.7 Å². The molecule has 1 heterocycles. The zero-order valence-corrected chi connectivity index (χ0v) is 11.8. The molecule has 3 nitrogen and oxygen atoms in total. The van der Waals surface area contributed by atoms with Crippen molar-refractivity contribution < 1.29 is 4.74 Å². The molecule has 0 radical (unpaired) electrons. The Morgan fingerprint density at radius 3 is 2.94 bits per heavy atom. The second-order valence-electron chi connectivity index (χ2n) is 4.17. The fraction of sp³-hybridized carbons (Fsp3) is 0.769. The van der Waals surface area contributed by atoms with Gasteiger partial charge in [0.05, 0.1) is 12.3 Å². The van der Waals surface area contributed by atoms with Crippen LogP contribution < -0.4 is 5.32 Å². The van der Waals surface area contributed by atoms with Crippen LogP contribution in [0.2, 0.25) is 0 Å². The molecule has 0 saturated heterocycles. The molecule has 0 aliphatic rings. The van der Waals surface area contributed by atoms with E-state index in [4.69, 9.17) is 4.74 Å². The van der Waals surface area contributed by atoms with E-state index in [0.717, 1.165) is 36.8 Å². The molecule has 0 spiro atoms. The first-order valence-corrected chi connectivity index (χ1v) is 7.46. The van der Waals surface area contributed by atoms with E-state index < -0.39 is 0 Å². The number of nitrogens with one attached hydrogen (secondary N) is 1. The second kappa shape index (κ2) is 9.57. The summed E-state index contributed by atoms with van der Waals surface area (Å²) in [5, 5.41) is 6.61. The van der Waals surface area contributed by atoms with Crippen molar-refractivity contribution in [3.63, 3.8) is 0 Å². The number of hydrogen-bond acceptors (Lipinski definition) is 4. The van der Waals surface area contributed by atoms with E-state index in [9.17, 15) is 0 Å². The monoisotopic (exact) mass is 256 g/mol. The lowest BCUT2D eigenvalue weighted by atomic mass is 10.3. The van der Waals surface area contributed by atoms with Gasteiger partial charge in [0.2, 0.25) is 0 Å². The third kappa shape index (κ3) is 6.76. The summed E-state index contributed by atoms with van der Waals surface area (Å²) < 4.78 is 5.58. The van der Waals surface area contributed by atoms with E-state index in [2.05, 4.69) is 29.5 Å². The maximum Gasteiger partial charge on any atom is 0.107 e. The van der Waals surface area contributed by atoms with Gasteiger partial charge in [-0.1, -0.05) is 26.7 Å². The smallest absolute Gasteiger partial charge is 0.107 e. The fourth-order valence-electron chi connectivity index (χ4n) is 1.50.